The first-order chi connectivity index (χ1) is 6.15. The molecule has 1 fully saturated rings. The fourth-order valence-electron chi connectivity index (χ4n) is 2.12. The number of likely N-dealkylation sites (tertiary alicyclic amines) is 1. The van der Waals surface area contributed by atoms with Crippen LogP contribution in [0.15, 0.2) is 24.9 Å². The van der Waals surface area contributed by atoms with Gasteiger partial charge in [-0.15, -0.1) is 0 Å². The topological polar surface area (TPSA) is 3.24 Å². The van der Waals surface area contributed by atoms with Crippen LogP contribution in [-0.4, -0.2) is 17.5 Å². The SMILES string of the molecule is C=CC(=C)N1CCCC1CC(C)C. The van der Waals surface area contributed by atoms with Crippen LogP contribution >= 0.6 is 0 Å². The van der Waals surface area contributed by atoms with E-state index in [1.54, 1.807) is 0 Å². The number of nitrogens with zero attached hydrogens (tertiary/aromatic N) is 1. The molecular weight excluding hydrogens is 158 g/mol. The van der Waals surface area contributed by atoms with Crippen molar-refractivity contribution in [2.75, 3.05) is 6.54 Å². The lowest BCUT2D eigenvalue weighted by atomic mass is 10.0. The van der Waals surface area contributed by atoms with Crippen molar-refractivity contribution >= 4 is 0 Å². The molecular formula is C12H21N. The van der Waals surface area contributed by atoms with Crippen LogP contribution in [0.2, 0.25) is 0 Å². The van der Waals surface area contributed by atoms with Crippen LogP contribution < -0.4 is 0 Å². The third-order valence-corrected chi connectivity index (χ3v) is 2.73. The normalized spacial score (nSPS) is 22.4. The third kappa shape index (κ3) is 2.61. The summed E-state index contributed by atoms with van der Waals surface area (Å²) in [4.78, 5) is 2.41. The molecule has 1 heterocycles. The molecule has 1 rings (SSSR count). The van der Waals surface area contributed by atoms with Crippen molar-refractivity contribution in [2.45, 2.75) is 39.2 Å². The van der Waals surface area contributed by atoms with Gasteiger partial charge in [0.1, 0.15) is 0 Å². The molecule has 0 N–H and O–H groups in total. The summed E-state index contributed by atoms with van der Waals surface area (Å²) in [6, 6.07) is 0.713. The Kier molecular flexibility index (Phi) is 3.58. The van der Waals surface area contributed by atoms with Gasteiger partial charge in [0.05, 0.1) is 0 Å². The maximum absolute atomic E-state index is 4.02. The van der Waals surface area contributed by atoms with Gasteiger partial charge in [0.25, 0.3) is 0 Å². The molecule has 1 nitrogen and oxygen atoms in total. The fraction of sp³-hybridized carbons (Fsp3) is 0.667. The van der Waals surface area contributed by atoms with Crippen molar-refractivity contribution in [3.05, 3.63) is 24.9 Å². The van der Waals surface area contributed by atoms with E-state index in [-0.39, 0.29) is 0 Å². The Bertz CT molecular complexity index is 193. The molecule has 0 spiro atoms. The zero-order valence-corrected chi connectivity index (χ0v) is 8.92. The monoisotopic (exact) mass is 179 g/mol. The third-order valence-electron chi connectivity index (χ3n) is 2.73. The minimum Gasteiger partial charge on any atom is -0.369 e. The van der Waals surface area contributed by atoms with E-state index in [2.05, 4.69) is 31.9 Å². The summed E-state index contributed by atoms with van der Waals surface area (Å²) in [5, 5.41) is 0. The van der Waals surface area contributed by atoms with E-state index in [0.717, 1.165) is 11.6 Å². The standard InChI is InChI=1S/C12H21N/c1-5-11(4)13-8-6-7-12(13)9-10(2)3/h5,10,12H,1,4,6-9H2,2-3H3. The predicted octanol–water partition coefficient (Wildman–Crippen LogP) is 3.20. The molecule has 0 aromatic rings. The molecule has 0 aliphatic carbocycles. The van der Waals surface area contributed by atoms with Gasteiger partial charge in [0.15, 0.2) is 0 Å². The van der Waals surface area contributed by atoms with Crippen LogP contribution in [0.25, 0.3) is 0 Å². The van der Waals surface area contributed by atoms with Crippen LogP contribution in [0.1, 0.15) is 33.1 Å². The molecule has 0 saturated carbocycles. The first kappa shape index (κ1) is 10.4. The summed E-state index contributed by atoms with van der Waals surface area (Å²) >= 11 is 0. The quantitative estimate of drug-likeness (QED) is 0.599. The fourth-order valence-corrected chi connectivity index (χ4v) is 2.12. The minimum atomic E-state index is 0.713. The summed E-state index contributed by atoms with van der Waals surface area (Å²) in [6.45, 7) is 13.5. The van der Waals surface area contributed by atoms with Crippen LogP contribution in [0.4, 0.5) is 0 Å². The minimum absolute atomic E-state index is 0.713. The van der Waals surface area contributed by atoms with Gasteiger partial charge in [-0.3, -0.25) is 0 Å². The molecule has 0 amide bonds. The van der Waals surface area contributed by atoms with E-state index >= 15 is 0 Å². The molecule has 74 valence electrons. The Balaban J connectivity index is 2.53. The highest BCUT2D eigenvalue weighted by Gasteiger charge is 2.24. The van der Waals surface area contributed by atoms with Crippen LogP contribution in [0, 0.1) is 5.92 Å². The Hall–Kier alpha value is -0.720. The molecule has 13 heavy (non-hydrogen) atoms. The molecule has 0 aromatic carbocycles. The van der Waals surface area contributed by atoms with Crippen LogP contribution in [0.3, 0.4) is 0 Å². The van der Waals surface area contributed by atoms with Gasteiger partial charge >= 0.3 is 0 Å². The lowest BCUT2D eigenvalue weighted by Crippen LogP contribution is -2.28. The van der Waals surface area contributed by atoms with Gasteiger partial charge in [-0.1, -0.05) is 27.0 Å². The Morgan fingerprint density at radius 1 is 1.62 bits per heavy atom. The lowest BCUT2D eigenvalue weighted by Gasteiger charge is -2.28. The first-order valence-electron chi connectivity index (χ1n) is 5.23. The van der Waals surface area contributed by atoms with Crippen LogP contribution in [0.5, 0.6) is 0 Å². The van der Waals surface area contributed by atoms with E-state index < -0.39 is 0 Å². The van der Waals surface area contributed by atoms with E-state index in [9.17, 15) is 0 Å². The molecule has 1 atom stereocenters. The average Bonchev–Trinajstić information content (AvgIpc) is 2.50. The highest BCUT2D eigenvalue weighted by Crippen LogP contribution is 2.26. The average molecular weight is 179 g/mol. The molecule has 1 saturated heterocycles. The highest BCUT2D eigenvalue weighted by molar-refractivity contribution is 5.12. The maximum atomic E-state index is 4.02. The Labute approximate surface area is 82.1 Å². The van der Waals surface area contributed by atoms with Crippen molar-refractivity contribution in [3.8, 4) is 0 Å². The Morgan fingerprint density at radius 3 is 2.85 bits per heavy atom. The Morgan fingerprint density at radius 2 is 2.31 bits per heavy atom. The molecule has 0 radical (unpaired) electrons. The summed E-state index contributed by atoms with van der Waals surface area (Å²) in [5.41, 5.74) is 1.10. The van der Waals surface area contributed by atoms with E-state index in [0.29, 0.717) is 6.04 Å². The van der Waals surface area contributed by atoms with Crippen LogP contribution in [-0.2, 0) is 0 Å². The largest absolute Gasteiger partial charge is 0.369 e. The second-order valence-electron chi connectivity index (χ2n) is 4.31. The van der Waals surface area contributed by atoms with Crippen molar-refractivity contribution in [3.63, 3.8) is 0 Å². The van der Waals surface area contributed by atoms with Gasteiger partial charge in [0, 0.05) is 18.3 Å². The van der Waals surface area contributed by atoms with Gasteiger partial charge in [0.2, 0.25) is 0 Å². The van der Waals surface area contributed by atoms with E-state index in [4.69, 9.17) is 0 Å². The molecule has 1 aliphatic rings. The molecule has 1 aliphatic heterocycles. The van der Waals surface area contributed by atoms with Crippen molar-refractivity contribution in [1.29, 1.82) is 0 Å². The van der Waals surface area contributed by atoms with E-state index in [1.807, 2.05) is 6.08 Å². The van der Waals surface area contributed by atoms with Crippen molar-refractivity contribution < 1.29 is 0 Å². The second kappa shape index (κ2) is 4.50. The summed E-state index contributed by atoms with van der Waals surface area (Å²) in [7, 11) is 0. The lowest BCUT2D eigenvalue weighted by molar-refractivity contribution is 0.289. The first-order valence-corrected chi connectivity index (χ1v) is 5.23. The number of rotatable bonds is 4. The van der Waals surface area contributed by atoms with Gasteiger partial charge < -0.3 is 4.90 Å². The van der Waals surface area contributed by atoms with Crippen molar-refractivity contribution in [2.24, 2.45) is 5.92 Å². The molecule has 0 aromatic heterocycles. The smallest absolute Gasteiger partial charge is 0.0292 e. The second-order valence-corrected chi connectivity index (χ2v) is 4.31. The van der Waals surface area contributed by atoms with Gasteiger partial charge in [-0.05, 0) is 31.3 Å². The van der Waals surface area contributed by atoms with Gasteiger partial charge in [-0.25, -0.2) is 0 Å². The maximum Gasteiger partial charge on any atom is 0.0292 e. The van der Waals surface area contributed by atoms with Crippen molar-refractivity contribution in [1.82, 2.24) is 4.90 Å². The summed E-state index contributed by atoms with van der Waals surface area (Å²) in [6.07, 6.45) is 5.79. The zero-order chi connectivity index (χ0) is 9.84. The number of allylic oxidation sites excluding steroid dienone is 1. The van der Waals surface area contributed by atoms with E-state index in [1.165, 1.54) is 25.8 Å². The number of hydrogen-bond donors (Lipinski definition) is 0. The summed E-state index contributed by atoms with van der Waals surface area (Å²) < 4.78 is 0. The number of hydrogen-bond acceptors (Lipinski definition) is 1. The predicted molar refractivity (Wildman–Crippen MR) is 58.5 cm³/mol. The summed E-state index contributed by atoms with van der Waals surface area (Å²) in [5.74, 6) is 0.781. The highest BCUT2D eigenvalue weighted by atomic mass is 15.2. The molecule has 1 unspecified atom stereocenters. The molecule has 0 bridgehead atoms. The molecule has 1 heteroatoms. The van der Waals surface area contributed by atoms with Gasteiger partial charge in [-0.2, -0.15) is 0 Å². The zero-order valence-electron chi connectivity index (χ0n) is 8.92.